The van der Waals surface area contributed by atoms with Gasteiger partial charge in [-0.2, -0.15) is 5.10 Å². The van der Waals surface area contributed by atoms with Gasteiger partial charge in [-0.1, -0.05) is 18.2 Å². The molecule has 0 aliphatic heterocycles. The SMILES string of the molecule is Cc1nn(-c2ccccc2)c(C)c1C(C)N[C@H](C)CCO. The summed E-state index contributed by atoms with van der Waals surface area (Å²) in [6, 6.07) is 10.7. The molecule has 2 rings (SSSR count). The van der Waals surface area contributed by atoms with Crippen molar-refractivity contribution in [2.45, 2.75) is 46.2 Å². The lowest BCUT2D eigenvalue weighted by Gasteiger charge is -2.20. The summed E-state index contributed by atoms with van der Waals surface area (Å²) in [6.45, 7) is 8.62. The molecule has 0 spiro atoms. The Labute approximate surface area is 126 Å². The monoisotopic (exact) mass is 287 g/mol. The van der Waals surface area contributed by atoms with Gasteiger partial charge >= 0.3 is 0 Å². The van der Waals surface area contributed by atoms with Crippen molar-refractivity contribution in [1.82, 2.24) is 15.1 Å². The second-order valence-corrected chi connectivity index (χ2v) is 5.63. The Bertz CT molecular complexity index is 577. The van der Waals surface area contributed by atoms with Crippen molar-refractivity contribution in [3.8, 4) is 5.69 Å². The number of aryl methyl sites for hydroxylation is 1. The predicted octanol–water partition coefficient (Wildman–Crippen LogP) is 2.91. The number of nitrogens with one attached hydrogen (secondary N) is 1. The molecule has 0 aliphatic rings. The van der Waals surface area contributed by atoms with Crippen molar-refractivity contribution >= 4 is 0 Å². The van der Waals surface area contributed by atoms with Gasteiger partial charge < -0.3 is 10.4 Å². The third-order valence-corrected chi connectivity index (χ3v) is 3.88. The van der Waals surface area contributed by atoms with Crippen LogP contribution in [0.3, 0.4) is 0 Å². The minimum Gasteiger partial charge on any atom is -0.396 e. The Morgan fingerprint density at radius 3 is 2.48 bits per heavy atom. The topological polar surface area (TPSA) is 50.1 Å². The minimum absolute atomic E-state index is 0.210. The molecular formula is C17H25N3O. The summed E-state index contributed by atoms with van der Waals surface area (Å²) in [5.41, 5.74) is 4.53. The lowest BCUT2D eigenvalue weighted by Crippen LogP contribution is -2.30. The molecule has 2 aromatic rings. The number of nitrogens with zero attached hydrogens (tertiary/aromatic N) is 2. The standard InChI is InChI=1S/C17H25N3O/c1-12(10-11-21)18-13(2)17-14(3)19-20(15(17)4)16-8-6-5-7-9-16/h5-9,12-13,18,21H,10-11H2,1-4H3/t12-,13?/m1/s1. The first kappa shape index (κ1) is 15.7. The van der Waals surface area contributed by atoms with Crippen LogP contribution < -0.4 is 5.32 Å². The van der Waals surface area contributed by atoms with E-state index in [1.54, 1.807) is 0 Å². The van der Waals surface area contributed by atoms with Gasteiger partial charge in [0.1, 0.15) is 0 Å². The molecule has 1 unspecified atom stereocenters. The van der Waals surface area contributed by atoms with Crippen LogP contribution in [0, 0.1) is 13.8 Å². The van der Waals surface area contributed by atoms with Crippen LogP contribution in [-0.4, -0.2) is 27.5 Å². The highest BCUT2D eigenvalue weighted by atomic mass is 16.3. The molecule has 0 radical (unpaired) electrons. The van der Waals surface area contributed by atoms with Gasteiger partial charge in [-0.05, 0) is 46.2 Å². The number of rotatable bonds is 6. The third-order valence-electron chi connectivity index (χ3n) is 3.88. The summed E-state index contributed by atoms with van der Waals surface area (Å²) in [6.07, 6.45) is 0.759. The van der Waals surface area contributed by atoms with E-state index in [4.69, 9.17) is 5.11 Å². The summed E-state index contributed by atoms with van der Waals surface area (Å²) < 4.78 is 2.00. The fourth-order valence-corrected chi connectivity index (χ4v) is 2.89. The normalized spacial score (nSPS) is 14.1. The first-order valence-corrected chi connectivity index (χ1v) is 7.53. The maximum absolute atomic E-state index is 9.03. The average Bonchev–Trinajstić information content (AvgIpc) is 2.75. The fraction of sp³-hybridized carbons (Fsp3) is 0.471. The molecule has 0 amide bonds. The molecule has 2 atom stereocenters. The molecule has 114 valence electrons. The highest BCUT2D eigenvalue weighted by Crippen LogP contribution is 2.24. The maximum atomic E-state index is 9.03. The van der Waals surface area contributed by atoms with Crippen LogP contribution in [0.4, 0.5) is 0 Å². The molecule has 21 heavy (non-hydrogen) atoms. The first-order valence-electron chi connectivity index (χ1n) is 7.53. The van der Waals surface area contributed by atoms with E-state index in [2.05, 4.69) is 50.2 Å². The van der Waals surface area contributed by atoms with Crippen molar-refractivity contribution < 1.29 is 5.11 Å². The van der Waals surface area contributed by atoms with Gasteiger partial charge in [0.15, 0.2) is 0 Å². The number of aliphatic hydroxyl groups is 1. The van der Waals surface area contributed by atoms with Crippen LogP contribution in [0.1, 0.15) is 43.3 Å². The number of benzene rings is 1. The van der Waals surface area contributed by atoms with E-state index in [0.717, 1.165) is 23.5 Å². The number of hydrogen-bond acceptors (Lipinski definition) is 3. The van der Waals surface area contributed by atoms with Crippen LogP contribution in [0.15, 0.2) is 30.3 Å². The molecule has 0 aliphatic carbocycles. The molecule has 0 fully saturated rings. The second kappa shape index (κ2) is 6.87. The Hall–Kier alpha value is -1.65. The molecule has 1 aromatic heterocycles. The number of aliphatic hydroxyl groups excluding tert-OH is 1. The Balaban J connectivity index is 2.27. The number of aromatic nitrogens is 2. The molecule has 0 bridgehead atoms. The van der Waals surface area contributed by atoms with Gasteiger partial charge in [0.2, 0.25) is 0 Å². The molecule has 2 N–H and O–H groups in total. The zero-order valence-corrected chi connectivity index (χ0v) is 13.3. The minimum atomic E-state index is 0.210. The van der Waals surface area contributed by atoms with Crippen molar-refractivity contribution in [1.29, 1.82) is 0 Å². The van der Waals surface area contributed by atoms with Crippen molar-refractivity contribution in [2.24, 2.45) is 0 Å². The van der Waals surface area contributed by atoms with E-state index in [1.807, 2.05) is 22.9 Å². The highest BCUT2D eigenvalue weighted by Gasteiger charge is 2.19. The van der Waals surface area contributed by atoms with E-state index in [0.29, 0.717) is 0 Å². The second-order valence-electron chi connectivity index (χ2n) is 5.63. The highest BCUT2D eigenvalue weighted by molar-refractivity contribution is 5.38. The van der Waals surface area contributed by atoms with Gasteiger partial charge in [-0.25, -0.2) is 4.68 Å². The molecule has 1 heterocycles. The zero-order chi connectivity index (χ0) is 15.4. The van der Waals surface area contributed by atoms with Gasteiger partial charge in [0.05, 0.1) is 11.4 Å². The Morgan fingerprint density at radius 1 is 1.19 bits per heavy atom. The summed E-state index contributed by atoms with van der Waals surface area (Å²) in [4.78, 5) is 0. The molecule has 0 saturated heterocycles. The number of hydrogen-bond donors (Lipinski definition) is 2. The van der Waals surface area contributed by atoms with Crippen LogP contribution in [0.2, 0.25) is 0 Å². The molecule has 1 aromatic carbocycles. The molecular weight excluding hydrogens is 262 g/mol. The van der Waals surface area contributed by atoms with E-state index in [1.165, 1.54) is 5.56 Å². The molecule has 4 nitrogen and oxygen atoms in total. The van der Waals surface area contributed by atoms with Crippen LogP contribution in [0.5, 0.6) is 0 Å². The molecule has 0 saturated carbocycles. The summed E-state index contributed by atoms with van der Waals surface area (Å²) in [5, 5.41) is 17.2. The van der Waals surface area contributed by atoms with E-state index < -0.39 is 0 Å². The first-order chi connectivity index (χ1) is 10.0. The summed E-state index contributed by atoms with van der Waals surface area (Å²) >= 11 is 0. The Kier molecular flexibility index (Phi) is 5.15. The van der Waals surface area contributed by atoms with Gasteiger partial charge in [0, 0.05) is 29.9 Å². The Morgan fingerprint density at radius 2 is 1.86 bits per heavy atom. The zero-order valence-electron chi connectivity index (χ0n) is 13.3. The lowest BCUT2D eigenvalue weighted by molar-refractivity contribution is 0.264. The quantitative estimate of drug-likeness (QED) is 0.859. The summed E-state index contributed by atoms with van der Waals surface area (Å²) in [7, 11) is 0. The maximum Gasteiger partial charge on any atom is 0.0648 e. The van der Waals surface area contributed by atoms with Crippen molar-refractivity contribution in [2.75, 3.05) is 6.61 Å². The largest absolute Gasteiger partial charge is 0.396 e. The molecule has 4 heteroatoms. The van der Waals surface area contributed by atoms with Crippen LogP contribution >= 0.6 is 0 Å². The van der Waals surface area contributed by atoms with Crippen molar-refractivity contribution in [3.05, 3.63) is 47.3 Å². The van der Waals surface area contributed by atoms with Gasteiger partial charge in [-0.3, -0.25) is 0 Å². The van der Waals surface area contributed by atoms with Gasteiger partial charge in [0.25, 0.3) is 0 Å². The van der Waals surface area contributed by atoms with Gasteiger partial charge in [-0.15, -0.1) is 0 Å². The summed E-state index contributed by atoms with van der Waals surface area (Å²) in [5.74, 6) is 0. The van der Waals surface area contributed by atoms with E-state index >= 15 is 0 Å². The van der Waals surface area contributed by atoms with E-state index in [9.17, 15) is 0 Å². The average molecular weight is 287 g/mol. The fourth-order valence-electron chi connectivity index (χ4n) is 2.89. The van der Waals surface area contributed by atoms with Crippen LogP contribution in [0.25, 0.3) is 5.69 Å². The van der Waals surface area contributed by atoms with E-state index in [-0.39, 0.29) is 18.7 Å². The number of para-hydroxylation sites is 1. The predicted molar refractivity (Wildman–Crippen MR) is 85.8 cm³/mol. The van der Waals surface area contributed by atoms with Crippen molar-refractivity contribution in [3.63, 3.8) is 0 Å². The third kappa shape index (κ3) is 3.52. The lowest BCUT2D eigenvalue weighted by atomic mass is 10.0. The smallest absolute Gasteiger partial charge is 0.0648 e. The van der Waals surface area contributed by atoms with Crippen LogP contribution in [-0.2, 0) is 0 Å².